The summed E-state index contributed by atoms with van der Waals surface area (Å²) >= 11 is 0. The van der Waals surface area contributed by atoms with Crippen LogP contribution in [0.15, 0.2) is 24.3 Å². The van der Waals surface area contributed by atoms with E-state index >= 15 is 0 Å². The minimum atomic E-state index is -2.41. The maximum Gasteiger partial charge on any atom is 0.256 e. The fourth-order valence-corrected chi connectivity index (χ4v) is 5.31. The van der Waals surface area contributed by atoms with Crippen LogP contribution in [-0.4, -0.2) is 105 Å². The summed E-state index contributed by atoms with van der Waals surface area (Å²) in [4.78, 5) is 28.0. The number of nitrogens with one attached hydrogen (secondary N) is 1. The Bertz CT molecular complexity index is 1200. The molecule has 1 heterocycles. The number of aliphatic hydroxyl groups is 4. The molecule has 1 fully saturated rings. The second-order valence-electron chi connectivity index (χ2n) is 11.1. The molecule has 11 N–H and O–H groups in total. The second-order valence-corrected chi connectivity index (χ2v) is 11.1. The molecule has 13 nitrogen and oxygen atoms in total. The van der Waals surface area contributed by atoms with E-state index in [0.717, 1.165) is 6.42 Å². The van der Waals surface area contributed by atoms with Crippen molar-refractivity contribution in [1.29, 1.82) is 0 Å². The van der Waals surface area contributed by atoms with Crippen LogP contribution in [0.5, 0.6) is 11.5 Å². The normalized spacial score (nSPS) is 18.6. The van der Waals surface area contributed by atoms with Gasteiger partial charge in [0.25, 0.3) is 11.8 Å². The topological polar surface area (TPSA) is 226 Å². The molecular weight excluding hydrogens is 546 g/mol. The predicted octanol–water partition coefficient (Wildman–Crippen LogP) is -1.66. The summed E-state index contributed by atoms with van der Waals surface area (Å²) in [6.07, 6.45) is 0.725. The number of rotatable bonds is 10. The molecule has 42 heavy (non-hydrogen) atoms. The highest BCUT2D eigenvalue weighted by atomic mass is 16.4. The van der Waals surface area contributed by atoms with E-state index in [4.69, 9.17) is 11.5 Å². The summed E-state index contributed by atoms with van der Waals surface area (Å²) in [7, 11) is 0. The zero-order valence-electron chi connectivity index (χ0n) is 24.1. The number of hydrogen-bond acceptors (Lipinski definition) is 11. The SMILES string of the molecule is Cc1cc(CN2CCCN(Cc3cc(C)cc(C(O)(CO)C(N)=O)c3O)CCNCC2)c(O)c(C(O)(CO)C(N)=O)c1. The molecule has 2 aromatic rings. The van der Waals surface area contributed by atoms with Gasteiger partial charge < -0.3 is 47.4 Å². The summed E-state index contributed by atoms with van der Waals surface area (Å²) in [5, 5.41) is 66.0. The van der Waals surface area contributed by atoms with Crippen LogP contribution in [-0.2, 0) is 33.9 Å². The van der Waals surface area contributed by atoms with Crippen LogP contribution in [0.2, 0.25) is 0 Å². The number of carbonyl (C=O) groups is 2. The summed E-state index contributed by atoms with van der Waals surface area (Å²) in [5.41, 5.74) is 7.88. The number of nitrogens with zero attached hydrogens (tertiary/aromatic N) is 2. The van der Waals surface area contributed by atoms with Crippen LogP contribution in [0.4, 0.5) is 0 Å². The van der Waals surface area contributed by atoms with Gasteiger partial charge in [0, 0.05) is 61.5 Å². The van der Waals surface area contributed by atoms with Gasteiger partial charge in [-0.25, -0.2) is 0 Å². The molecule has 2 amide bonds. The number of carbonyl (C=O) groups excluding carboxylic acids is 2. The van der Waals surface area contributed by atoms with Crippen LogP contribution in [0.1, 0.15) is 39.8 Å². The molecule has 0 radical (unpaired) electrons. The highest BCUT2D eigenvalue weighted by Gasteiger charge is 2.40. The largest absolute Gasteiger partial charge is 0.507 e. The monoisotopic (exact) mass is 589 g/mol. The third-order valence-corrected chi connectivity index (χ3v) is 7.78. The molecule has 1 saturated heterocycles. The van der Waals surface area contributed by atoms with Crippen molar-refractivity contribution in [3.8, 4) is 11.5 Å². The maximum absolute atomic E-state index is 11.9. The average Bonchev–Trinajstić information content (AvgIpc) is 2.94. The number of aliphatic hydroxyl groups excluding tert-OH is 2. The van der Waals surface area contributed by atoms with Gasteiger partial charge in [-0.3, -0.25) is 19.4 Å². The molecule has 0 spiro atoms. The van der Waals surface area contributed by atoms with Crippen molar-refractivity contribution in [2.45, 2.75) is 44.6 Å². The maximum atomic E-state index is 11.9. The molecule has 0 aliphatic carbocycles. The van der Waals surface area contributed by atoms with Gasteiger partial charge in [-0.1, -0.05) is 23.3 Å². The fraction of sp³-hybridized carbons (Fsp3) is 0.517. The number of aryl methyl sites for hydroxylation is 2. The molecular formula is C29H43N5O8. The van der Waals surface area contributed by atoms with Gasteiger partial charge in [0.2, 0.25) is 0 Å². The molecule has 232 valence electrons. The van der Waals surface area contributed by atoms with Gasteiger partial charge >= 0.3 is 0 Å². The van der Waals surface area contributed by atoms with Crippen molar-refractivity contribution in [3.05, 3.63) is 57.6 Å². The highest BCUT2D eigenvalue weighted by molar-refractivity contribution is 5.86. The third kappa shape index (κ3) is 7.18. The lowest BCUT2D eigenvalue weighted by atomic mass is 9.89. The zero-order valence-corrected chi connectivity index (χ0v) is 24.1. The molecule has 0 bridgehead atoms. The average molecular weight is 590 g/mol. The van der Waals surface area contributed by atoms with Crippen molar-refractivity contribution in [2.75, 3.05) is 52.5 Å². The van der Waals surface area contributed by atoms with E-state index in [1.54, 1.807) is 26.0 Å². The first kappa shape index (κ1) is 33.2. The van der Waals surface area contributed by atoms with Gasteiger partial charge in [-0.15, -0.1) is 0 Å². The van der Waals surface area contributed by atoms with Crippen LogP contribution in [0.25, 0.3) is 0 Å². The number of hydrogen-bond donors (Lipinski definition) is 9. The number of amides is 2. The van der Waals surface area contributed by atoms with E-state index in [0.29, 0.717) is 74.6 Å². The first-order valence-electron chi connectivity index (χ1n) is 13.8. The Balaban J connectivity index is 1.78. The molecule has 0 saturated carbocycles. The lowest BCUT2D eigenvalue weighted by Gasteiger charge is -2.30. The Labute approximate surface area is 245 Å². The number of aromatic hydroxyl groups is 2. The number of benzene rings is 2. The second kappa shape index (κ2) is 13.8. The van der Waals surface area contributed by atoms with Crippen LogP contribution in [0, 0.1) is 13.8 Å². The van der Waals surface area contributed by atoms with E-state index < -0.39 is 36.2 Å². The molecule has 1 aliphatic rings. The van der Waals surface area contributed by atoms with Gasteiger partial charge in [0.05, 0.1) is 13.2 Å². The van der Waals surface area contributed by atoms with Gasteiger partial charge in [0.1, 0.15) is 11.5 Å². The van der Waals surface area contributed by atoms with Crippen LogP contribution in [0.3, 0.4) is 0 Å². The van der Waals surface area contributed by atoms with Crippen molar-refractivity contribution in [2.24, 2.45) is 11.5 Å². The number of phenolic OH excluding ortho intramolecular Hbond substituents is 2. The lowest BCUT2D eigenvalue weighted by molar-refractivity contribution is -0.142. The van der Waals surface area contributed by atoms with Crippen molar-refractivity contribution in [1.82, 2.24) is 15.1 Å². The Hall–Kier alpha value is -3.30. The molecule has 2 unspecified atom stereocenters. The Morgan fingerprint density at radius 2 is 1.14 bits per heavy atom. The molecule has 2 atom stereocenters. The standard InChI is InChI=1S/C29H43N5O8/c1-18-10-20(24(37)22(12-18)28(41,16-35)26(30)39)14-33-6-3-7-34(9-5-32-4-8-33)15-21-11-19(2)13-23(25(21)38)29(42,17-36)27(31)40/h10-13,32,35-38,41-42H,3-9,14-17H2,1-2H3,(H2,30,39)(H2,31,40). The first-order valence-corrected chi connectivity index (χ1v) is 13.8. The van der Waals surface area contributed by atoms with Gasteiger partial charge in [0.15, 0.2) is 11.2 Å². The van der Waals surface area contributed by atoms with Gasteiger partial charge in [-0.05, 0) is 45.5 Å². The van der Waals surface area contributed by atoms with E-state index in [1.807, 2.05) is 0 Å². The lowest BCUT2D eigenvalue weighted by Crippen LogP contribution is -2.44. The number of phenols is 2. The quantitative estimate of drug-likeness (QED) is 0.152. The van der Waals surface area contributed by atoms with Crippen molar-refractivity contribution >= 4 is 11.8 Å². The zero-order chi connectivity index (χ0) is 31.2. The Morgan fingerprint density at radius 3 is 1.48 bits per heavy atom. The summed E-state index contributed by atoms with van der Waals surface area (Å²) in [5.74, 6) is -2.93. The molecule has 0 aromatic heterocycles. The molecule has 13 heteroatoms. The third-order valence-electron chi connectivity index (χ3n) is 7.78. The smallest absolute Gasteiger partial charge is 0.256 e. The Morgan fingerprint density at radius 1 is 0.762 bits per heavy atom. The summed E-state index contributed by atoms with van der Waals surface area (Å²) in [6, 6.07) is 6.37. The van der Waals surface area contributed by atoms with Crippen LogP contribution < -0.4 is 16.8 Å². The van der Waals surface area contributed by atoms with E-state index in [9.17, 15) is 40.2 Å². The summed E-state index contributed by atoms with van der Waals surface area (Å²) < 4.78 is 0. The molecule has 2 aromatic carbocycles. The van der Waals surface area contributed by atoms with Crippen molar-refractivity contribution < 1.29 is 40.2 Å². The van der Waals surface area contributed by atoms with Gasteiger partial charge in [-0.2, -0.15) is 0 Å². The van der Waals surface area contributed by atoms with Crippen LogP contribution >= 0.6 is 0 Å². The molecule has 1 aliphatic heterocycles. The minimum Gasteiger partial charge on any atom is -0.507 e. The molecule has 3 rings (SSSR count). The van der Waals surface area contributed by atoms with E-state index in [2.05, 4.69) is 15.1 Å². The number of nitrogens with two attached hydrogens (primary N) is 2. The number of primary amides is 2. The highest BCUT2D eigenvalue weighted by Crippen LogP contribution is 2.35. The van der Waals surface area contributed by atoms with E-state index in [-0.39, 0.29) is 22.6 Å². The minimum absolute atomic E-state index is 0.139. The van der Waals surface area contributed by atoms with E-state index in [1.165, 1.54) is 12.1 Å². The first-order chi connectivity index (χ1) is 19.8. The summed E-state index contributed by atoms with van der Waals surface area (Å²) in [6.45, 7) is 6.10. The predicted molar refractivity (Wildman–Crippen MR) is 154 cm³/mol. The Kier molecular flexibility index (Phi) is 10.9. The fourth-order valence-electron chi connectivity index (χ4n) is 5.31. The van der Waals surface area contributed by atoms with Crippen molar-refractivity contribution in [3.63, 3.8) is 0 Å².